The molecule has 56 valence electrons. The number of carboxylic acid groups (broad SMARTS) is 1. The maximum Gasteiger partial charge on any atom is 0.341 e. The molecule has 0 radical (unpaired) electrons. The third kappa shape index (κ3) is 1.08. The summed E-state index contributed by atoms with van der Waals surface area (Å²) in [7, 11) is 0. The molecule has 1 atom stereocenters. The van der Waals surface area contributed by atoms with Gasteiger partial charge in [-0.15, -0.1) is 0 Å². The fourth-order valence-electron chi connectivity index (χ4n) is 0.919. The molecule has 0 aromatic carbocycles. The quantitative estimate of drug-likeness (QED) is 0.461. The number of aliphatic carboxylic acids is 1. The van der Waals surface area contributed by atoms with Crippen molar-refractivity contribution in [2.45, 2.75) is 6.17 Å². The van der Waals surface area contributed by atoms with E-state index >= 15 is 0 Å². The Morgan fingerprint density at radius 1 is 1.80 bits per heavy atom. The average molecular weight is 144 g/mol. The fourth-order valence-corrected chi connectivity index (χ4v) is 0.919. The molecule has 1 fully saturated rings. The van der Waals surface area contributed by atoms with Crippen LogP contribution in [-0.4, -0.2) is 41.6 Å². The van der Waals surface area contributed by atoms with E-state index in [0.29, 0.717) is 19.5 Å². The molecule has 10 heavy (non-hydrogen) atoms. The number of rotatable bonds is 2. The second kappa shape index (κ2) is 2.66. The monoisotopic (exact) mass is 144 g/mol. The summed E-state index contributed by atoms with van der Waals surface area (Å²) in [6, 6.07) is 0. The van der Waals surface area contributed by atoms with Crippen LogP contribution in [0.3, 0.4) is 0 Å². The van der Waals surface area contributed by atoms with Gasteiger partial charge in [0.25, 0.3) is 0 Å². The molecule has 1 aliphatic rings. The summed E-state index contributed by atoms with van der Waals surface area (Å²) in [5.41, 5.74) is 0. The molecule has 2 N–H and O–H groups in total. The largest absolute Gasteiger partial charge is 0.479 e. The van der Waals surface area contributed by atoms with Gasteiger partial charge in [-0.3, -0.25) is 10.1 Å². The average Bonchev–Trinajstić information content (AvgIpc) is 2.33. The first kappa shape index (κ1) is 7.01. The molecule has 1 aliphatic heterocycles. The molecular weight excluding hydrogens is 136 g/mol. The van der Waals surface area contributed by atoms with Crippen molar-refractivity contribution in [2.24, 2.45) is 0 Å². The molecule has 0 aromatic heterocycles. The van der Waals surface area contributed by atoms with Crippen LogP contribution in [0.5, 0.6) is 0 Å². The van der Waals surface area contributed by atoms with Crippen molar-refractivity contribution < 1.29 is 14.7 Å². The first-order chi connectivity index (χ1) is 4.75. The summed E-state index contributed by atoms with van der Waals surface area (Å²) in [5.74, 6) is -1.01. The molecule has 1 amide bonds. The molecule has 0 bridgehead atoms. The van der Waals surface area contributed by atoms with Gasteiger partial charge in [-0.05, 0) is 0 Å². The van der Waals surface area contributed by atoms with Crippen molar-refractivity contribution in [3.8, 4) is 0 Å². The van der Waals surface area contributed by atoms with E-state index in [4.69, 9.17) is 5.11 Å². The van der Waals surface area contributed by atoms with Gasteiger partial charge in [-0.2, -0.15) is 0 Å². The Hall–Kier alpha value is -1.10. The molecule has 0 spiro atoms. The number of nitrogens with one attached hydrogen (secondary N) is 1. The van der Waals surface area contributed by atoms with Crippen LogP contribution in [0.1, 0.15) is 0 Å². The van der Waals surface area contributed by atoms with Crippen molar-refractivity contribution >= 4 is 12.4 Å². The minimum atomic E-state index is -1.01. The van der Waals surface area contributed by atoms with E-state index in [1.807, 2.05) is 0 Å². The van der Waals surface area contributed by atoms with Crippen LogP contribution in [-0.2, 0) is 9.59 Å². The van der Waals surface area contributed by atoms with Gasteiger partial charge in [0, 0.05) is 13.1 Å². The zero-order valence-corrected chi connectivity index (χ0v) is 5.28. The Balaban J connectivity index is 2.58. The highest BCUT2D eigenvalue weighted by molar-refractivity contribution is 5.76. The molecule has 0 saturated carbocycles. The fraction of sp³-hybridized carbons (Fsp3) is 0.600. The molecule has 1 unspecified atom stereocenters. The standard InChI is InChI=1S/C5H8N2O3/c8-3-7-2-1-6-4(7)5(9)10/h3-4,6H,1-2H2,(H,9,10). The number of hydrogen-bond acceptors (Lipinski definition) is 3. The number of carbonyl (C=O) groups is 2. The Bertz CT molecular complexity index is 159. The zero-order valence-electron chi connectivity index (χ0n) is 5.28. The lowest BCUT2D eigenvalue weighted by molar-refractivity contribution is -0.145. The first-order valence-electron chi connectivity index (χ1n) is 2.93. The Morgan fingerprint density at radius 2 is 2.50 bits per heavy atom. The van der Waals surface area contributed by atoms with Gasteiger partial charge in [0.2, 0.25) is 6.41 Å². The molecule has 1 heterocycles. The predicted octanol–water partition coefficient (Wildman–Crippen LogP) is -1.54. The van der Waals surface area contributed by atoms with Gasteiger partial charge < -0.3 is 10.0 Å². The maximum atomic E-state index is 10.3. The second-order valence-electron chi connectivity index (χ2n) is 2.04. The minimum absolute atomic E-state index is 0.473. The van der Waals surface area contributed by atoms with E-state index in [1.165, 1.54) is 4.90 Å². The summed E-state index contributed by atoms with van der Waals surface area (Å²) >= 11 is 0. The summed E-state index contributed by atoms with van der Waals surface area (Å²) in [4.78, 5) is 21.7. The topological polar surface area (TPSA) is 69.6 Å². The van der Waals surface area contributed by atoms with Gasteiger partial charge in [-0.1, -0.05) is 0 Å². The molecule has 1 saturated heterocycles. The Kier molecular flexibility index (Phi) is 1.86. The Morgan fingerprint density at radius 3 is 2.90 bits per heavy atom. The number of amides is 1. The van der Waals surface area contributed by atoms with Crippen LogP contribution in [0.4, 0.5) is 0 Å². The summed E-state index contributed by atoms with van der Waals surface area (Å²) in [6.07, 6.45) is -0.281. The number of carbonyl (C=O) groups excluding carboxylic acids is 1. The third-order valence-electron chi connectivity index (χ3n) is 1.41. The highest BCUT2D eigenvalue weighted by Gasteiger charge is 2.28. The van der Waals surface area contributed by atoms with Crippen LogP contribution in [0.2, 0.25) is 0 Å². The summed E-state index contributed by atoms with van der Waals surface area (Å²) < 4.78 is 0. The van der Waals surface area contributed by atoms with Crippen molar-refractivity contribution in [3.05, 3.63) is 0 Å². The summed E-state index contributed by atoms with van der Waals surface area (Å²) in [5, 5.41) is 11.1. The van der Waals surface area contributed by atoms with E-state index in [1.54, 1.807) is 0 Å². The molecular formula is C5H8N2O3. The van der Waals surface area contributed by atoms with Gasteiger partial charge in [0.1, 0.15) is 0 Å². The summed E-state index contributed by atoms with van der Waals surface area (Å²) in [6.45, 7) is 1.02. The molecule has 0 aliphatic carbocycles. The van der Waals surface area contributed by atoms with Crippen molar-refractivity contribution in [1.82, 2.24) is 10.2 Å². The minimum Gasteiger partial charge on any atom is -0.479 e. The van der Waals surface area contributed by atoms with Crippen LogP contribution in [0.25, 0.3) is 0 Å². The van der Waals surface area contributed by atoms with Crippen LogP contribution in [0, 0.1) is 0 Å². The first-order valence-corrected chi connectivity index (χ1v) is 2.93. The van der Waals surface area contributed by atoms with Gasteiger partial charge >= 0.3 is 5.97 Å². The van der Waals surface area contributed by atoms with E-state index < -0.39 is 12.1 Å². The smallest absolute Gasteiger partial charge is 0.341 e. The van der Waals surface area contributed by atoms with E-state index in [2.05, 4.69) is 5.32 Å². The number of hydrogen-bond donors (Lipinski definition) is 2. The number of nitrogens with zero attached hydrogens (tertiary/aromatic N) is 1. The third-order valence-corrected chi connectivity index (χ3v) is 1.41. The van der Waals surface area contributed by atoms with Crippen LogP contribution in [0.15, 0.2) is 0 Å². The van der Waals surface area contributed by atoms with Crippen molar-refractivity contribution in [2.75, 3.05) is 13.1 Å². The normalized spacial score (nSPS) is 24.8. The highest BCUT2D eigenvalue weighted by Crippen LogP contribution is 1.98. The molecule has 5 nitrogen and oxygen atoms in total. The van der Waals surface area contributed by atoms with Crippen LogP contribution < -0.4 is 5.32 Å². The van der Waals surface area contributed by atoms with E-state index in [-0.39, 0.29) is 0 Å². The van der Waals surface area contributed by atoms with Crippen molar-refractivity contribution in [1.29, 1.82) is 0 Å². The van der Waals surface area contributed by atoms with Gasteiger partial charge in [0.05, 0.1) is 0 Å². The van der Waals surface area contributed by atoms with Gasteiger partial charge in [-0.25, -0.2) is 4.79 Å². The molecule has 5 heteroatoms. The molecule has 0 aromatic rings. The van der Waals surface area contributed by atoms with Crippen molar-refractivity contribution in [3.63, 3.8) is 0 Å². The molecule has 1 rings (SSSR count). The highest BCUT2D eigenvalue weighted by atomic mass is 16.4. The second-order valence-corrected chi connectivity index (χ2v) is 2.04. The van der Waals surface area contributed by atoms with Gasteiger partial charge in [0.15, 0.2) is 6.17 Å². The van der Waals surface area contributed by atoms with E-state index in [9.17, 15) is 9.59 Å². The SMILES string of the molecule is O=CN1CCNC1C(=O)O. The van der Waals surface area contributed by atoms with Crippen LogP contribution >= 0.6 is 0 Å². The number of carboxylic acids is 1. The zero-order chi connectivity index (χ0) is 7.56. The predicted molar refractivity (Wildman–Crippen MR) is 32.2 cm³/mol. The lowest BCUT2D eigenvalue weighted by atomic mass is 10.5. The lowest BCUT2D eigenvalue weighted by Crippen LogP contribution is -2.41. The lowest BCUT2D eigenvalue weighted by Gasteiger charge is -2.13. The maximum absolute atomic E-state index is 10.3. The Labute approximate surface area is 57.6 Å². The van der Waals surface area contributed by atoms with E-state index in [0.717, 1.165) is 0 Å².